The van der Waals surface area contributed by atoms with E-state index >= 15 is 0 Å². The molecule has 0 aliphatic heterocycles. The van der Waals surface area contributed by atoms with Gasteiger partial charge in [-0.1, -0.05) is 5.16 Å². The van der Waals surface area contributed by atoms with Crippen LogP contribution in [0, 0.1) is 13.8 Å². The molecule has 20 heavy (non-hydrogen) atoms. The van der Waals surface area contributed by atoms with Crippen molar-refractivity contribution in [3.05, 3.63) is 39.5 Å². The van der Waals surface area contributed by atoms with Gasteiger partial charge in [-0.15, -0.1) is 11.3 Å². The highest BCUT2D eigenvalue weighted by atomic mass is 32.1. The number of amidine groups is 1. The average molecular weight is 291 g/mol. The van der Waals surface area contributed by atoms with E-state index in [0.29, 0.717) is 17.9 Å². The fourth-order valence-electron chi connectivity index (χ4n) is 1.97. The molecule has 2 rings (SSSR count). The first-order valence-corrected chi connectivity index (χ1v) is 6.96. The minimum Gasteiger partial charge on any atom is -0.409 e. The van der Waals surface area contributed by atoms with Gasteiger partial charge in [-0.05, 0) is 25.5 Å². The standard InChI is InChI=1S/C13H17N5OS/c1-8-4-5-15-13(11(8)12(14)17-19)18(3)6-10-9(2)16-7-20-10/h4-5,7,19H,6H2,1-3H3,(H2,14,17). The van der Waals surface area contributed by atoms with Gasteiger partial charge in [0.25, 0.3) is 0 Å². The Kier molecular flexibility index (Phi) is 4.19. The maximum Gasteiger partial charge on any atom is 0.174 e. The number of hydrogen-bond acceptors (Lipinski definition) is 6. The van der Waals surface area contributed by atoms with Crippen LogP contribution in [0.2, 0.25) is 0 Å². The summed E-state index contributed by atoms with van der Waals surface area (Å²) in [5.74, 6) is 0.756. The van der Waals surface area contributed by atoms with Crippen LogP contribution in [0.15, 0.2) is 22.9 Å². The van der Waals surface area contributed by atoms with Crippen LogP contribution in [0.5, 0.6) is 0 Å². The zero-order valence-corrected chi connectivity index (χ0v) is 12.5. The molecule has 0 amide bonds. The Labute approximate surface area is 121 Å². The number of nitrogens with zero attached hydrogens (tertiary/aromatic N) is 4. The third-order valence-electron chi connectivity index (χ3n) is 3.09. The van der Waals surface area contributed by atoms with Crippen LogP contribution < -0.4 is 10.6 Å². The Bertz CT molecular complexity index is 637. The zero-order chi connectivity index (χ0) is 14.7. The SMILES string of the molecule is Cc1ccnc(N(C)Cc2scnc2C)c1/C(N)=N/O. The van der Waals surface area contributed by atoms with Gasteiger partial charge in [0.05, 0.1) is 23.3 Å². The average Bonchev–Trinajstić information content (AvgIpc) is 2.83. The third kappa shape index (κ3) is 2.72. The van der Waals surface area contributed by atoms with Crippen molar-refractivity contribution in [2.45, 2.75) is 20.4 Å². The summed E-state index contributed by atoms with van der Waals surface area (Å²) >= 11 is 1.61. The summed E-state index contributed by atoms with van der Waals surface area (Å²) in [6.07, 6.45) is 1.72. The second-order valence-corrected chi connectivity index (χ2v) is 5.47. The number of anilines is 1. The van der Waals surface area contributed by atoms with E-state index in [4.69, 9.17) is 10.9 Å². The molecule has 0 saturated carbocycles. The molecule has 2 aromatic rings. The van der Waals surface area contributed by atoms with Crippen molar-refractivity contribution in [2.24, 2.45) is 10.9 Å². The fourth-order valence-corrected chi connectivity index (χ4v) is 2.80. The van der Waals surface area contributed by atoms with Crippen molar-refractivity contribution in [1.82, 2.24) is 9.97 Å². The molecular weight excluding hydrogens is 274 g/mol. The van der Waals surface area contributed by atoms with E-state index in [1.807, 2.05) is 37.4 Å². The molecule has 0 atom stereocenters. The molecule has 0 aromatic carbocycles. The largest absolute Gasteiger partial charge is 0.409 e. The normalized spacial score (nSPS) is 11.7. The number of pyridine rings is 1. The number of aromatic nitrogens is 2. The monoisotopic (exact) mass is 291 g/mol. The number of rotatable bonds is 4. The topological polar surface area (TPSA) is 87.6 Å². The van der Waals surface area contributed by atoms with Crippen LogP contribution in [0.1, 0.15) is 21.7 Å². The second-order valence-electron chi connectivity index (χ2n) is 4.53. The lowest BCUT2D eigenvalue weighted by Gasteiger charge is -2.21. The van der Waals surface area contributed by atoms with E-state index in [-0.39, 0.29) is 5.84 Å². The highest BCUT2D eigenvalue weighted by molar-refractivity contribution is 7.09. The second kappa shape index (κ2) is 5.87. The smallest absolute Gasteiger partial charge is 0.174 e. The molecule has 2 heterocycles. The molecule has 7 heteroatoms. The van der Waals surface area contributed by atoms with Crippen LogP contribution in [0.3, 0.4) is 0 Å². The van der Waals surface area contributed by atoms with Crippen LogP contribution in [0.25, 0.3) is 0 Å². The zero-order valence-electron chi connectivity index (χ0n) is 11.7. The van der Waals surface area contributed by atoms with Crippen molar-refractivity contribution < 1.29 is 5.21 Å². The number of hydrogen-bond donors (Lipinski definition) is 2. The van der Waals surface area contributed by atoms with Gasteiger partial charge >= 0.3 is 0 Å². The van der Waals surface area contributed by atoms with Gasteiger partial charge in [-0.3, -0.25) is 0 Å². The van der Waals surface area contributed by atoms with Gasteiger partial charge in [0.15, 0.2) is 5.84 Å². The Hall–Kier alpha value is -2.15. The molecule has 3 N–H and O–H groups in total. The molecule has 0 aliphatic carbocycles. The minimum atomic E-state index is 0.0680. The summed E-state index contributed by atoms with van der Waals surface area (Å²) in [7, 11) is 1.93. The summed E-state index contributed by atoms with van der Waals surface area (Å²) in [6.45, 7) is 4.57. The number of nitrogens with two attached hydrogens (primary N) is 1. The highest BCUT2D eigenvalue weighted by Crippen LogP contribution is 2.23. The van der Waals surface area contributed by atoms with Crippen molar-refractivity contribution >= 4 is 23.0 Å². The Morgan fingerprint density at radius 3 is 2.80 bits per heavy atom. The van der Waals surface area contributed by atoms with Gasteiger partial charge in [-0.25, -0.2) is 9.97 Å². The summed E-state index contributed by atoms with van der Waals surface area (Å²) in [5.41, 5.74) is 10.2. The van der Waals surface area contributed by atoms with Gasteiger partial charge < -0.3 is 15.8 Å². The maximum atomic E-state index is 8.93. The van der Waals surface area contributed by atoms with E-state index in [2.05, 4.69) is 15.1 Å². The molecule has 0 fully saturated rings. The molecular formula is C13H17N5OS. The molecule has 6 nitrogen and oxygen atoms in total. The predicted molar refractivity (Wildman–Crippen MR) is 80.4 cm³/mol. The van der Waals surface area contributed by atoms with Crippen molar-refractivity contribution in [1.29, 1.82) is 0 Å². The quantitative estimate of drug-likeness (QED) is 0.389. The lowest BCUT2D eigenvalue weighted by Crippen LogP contribution is -2.24. The number of oxime groups is 1. The Morgan fingerprint density at radius 2 is 2.20 bits per heavy atom. The van der Waals surface area contributed by atoms with Gasteiger partial charge in [0, 0.05) is 18.1 Å². The van der Waals surface area contributed by atoms with E-state index < -0.39 is 0 Å². The Morgan fingerprint density at radius 1 is 1.45 bits per heavy atom. The van der Waals surface area contributed by atoms with E-state index in [0.717, 1.165) is 11.3 Å². The summed E-state index contributed by atoms with van der Waals surface area (Å²) in [4.78, 5) is 11.7. The van der Waals surface area contributed by atoms with E-state index in [1.54, 1.807) is 17.5 Å². The number of thiazole rings is 1. The van der Waals surface area contributed by atoms with Gasteiger partial charge in [-0.2, -0.15) is 0 Å². The first-order chi connectivity index (χ1) is 9.54. The Balaban J connectivity index is 2.37. The molecule has 0 radical (unpaired) electrons. The minimum absolute atomic E-state index is 0.0680. The fraction of sp³-hybridized carbons (Fsp3) is 0.308. The first-order valence-electron chi connectivity index (χ1n) is 6.08. The molecule has 0 spiro atoms. The summed E-state index contributed by atoms with van der Waals surface area (Å²) in [5, 5.41) is 12.0. The molecule has 0 bridgehead atoms. The van der Waals surface area contributed by atoms with E-state index in [1.165, 1.54) is 4.88 Å². The molecule has 2 aromatic heterocycles. The van der Waals surface area contributed by atoms with Crippen molar-refractivity contribution in [3.63, 3.8) is 0 Å². The van der Waals surface area contributed by atoms with Crippen LogP contribution >= 0.6 is 11.3 Å². The van der Waals surface area contributed by atoms with Crippen LogP contribution in [-0.2, 0) is 6.54 Å². The predicted octanol–water partition coefficient (Wildman–Crippen LogP) is 1.89. The van der Waals surface area contributed by atoms with Gasteiger partial charge in [0.2, 0.25) is 0 Å². The summed E-state index contributed by atoms with van der Waals surface area (Å²) < 4.78 is 0. The molecule has 0 unspecified atom stereocenters. The van der Waals surface area contributed by atoms with Crippen LogP contribution in [0.4, 0.5) is 5.82 Å². The van der Waals surface area contributed by atoms with Crippen molar-refractivity contribution in [2.75, 3.05) is 11.9 Å². The molecule has 0 aliphatic rings. The first kappa shape index (κ1) is 14.3. The highest BCUT2D eigenvalue weighted by Gasteiger charge is 2.16. The molecule has 106 valence electrons. The van der Waals surface area contributed by atoms with Gasteiger partial charge in [0.1, 0.15) is 5.82 Å². The lowest BCUT2D eigenvalue weighted by molar-refractivity contribution is 0.318. The lowest BCUT2D eigenvalue weighted by atomic mass is 10.1. The third-order valence-corrected chi connectivity index (χ3v) is 4.01. The summed E-state index contributed by atoms with van der Waals surface area (Å²) in [6, 6.07) is 1.84. The van der Waals surface area contributed by atoms with E-state index in [9.17, 15) is 0 Å². The maximum absolute atomic E-state index is 8.93. The molecule has 0 saturated heterocycles. The van der Waals surface area contributed by atoms with Crippen LogP contribution in [-0.4, -0.2) is 28.1 Å². The van der Waals surface area contributed by atoms with Crippen molar-refractivity contribution in [3.8, 4) is 0 Å². The number of aryl methyl sites for hydroxylation is 2.